The van der Waals surface area contributed by atoms with Crippen LogP contribution in [0, 0.1) is 11.8 Å². The van der Waals surface area contributed by atoms with E-state index in [1.54, 1.807) is 0 Å². The van der Waals surface area contributed by atoms with Gasteiger partial charge in [0.25, 0.3) is 0 Å². The Hall–Kier alpha value is 1.19. The van der Waals surface area contributed by atoms with E-state index in [0.717, 1.165) is 11.8 Å². The third kappa shape index (κ3) is 3.64. The van der Waals surface area contributed by atoms with Crippen LogP contribution in [-0.4, -0.2) is 12.1 Å². The number of rotatable bonds is 1. The van der Waals surface area contributed by atoms with Crippen LogP contribution in [0.4, 0.5) is 0 Å². The molecular formula is C9H18Cl2N2Pt. The molecule has 2 rings (SSSR count). The van der Waals surface area contributed by atoms with Crippen molar-refractivity contribution in [2.45, 2.75) is 37.6 Å². The Bertz CT molecular complexity index is 168. The molecule has 0 heterocycles. The Labute approximate surface area is 102 Å². The van der Waals surface area contributed by atoms with Gasteiger partial charge in [0.2, 0.25) is 0 Å². The summed E-state index contributed by atoms with van der Waals surface area (Å²) in [6, 6.07) is 0. The van der Waals surface area contributed by atoms with Crippen LogP contribution in [0.15, 0.2) is 0 Å². The molecule has 0 aromatic carbocycles. The van der Waals surface area contributed by atoms with E-state index in [1.165, 1.54) is 32.1 Å². The number of nitrogens with two attached hydrogens (primary N) is 2. The van der Waals surface area contributed by atoms with Gasteiger partial charge < -0.3 is 11.5 Å². The molecule has 0 spiro atoms. The first-order valence-electron chi connectivity index (χ1n) is 4.95. The Morgan fingerprint density at radius 1 is 1.21 bits per heavy atom. The molecule has 88 valence electrons. The van der Waals surface area contributed by atoms with Gasteiger partial charge in [-0.15, -0.1) is 0 Å². The van der Waals surface area contributed by atoms with E-state index in [9.17, 15) is 0 Å². The van der Waals surface area contributed by atoms with Gasteiger partial charge in [0.15, 0.2) is 0 Å². The zero-order chi connectivity index (χ0) is 10.6. The molecule has 2 saturated carbocycles. The van der Waals surface area contributed by atoms with Crippen LogP contribution in [-0.2, 0) is 16.5 Å². The van der Waals surface area contributed by atoms with Crippen molar-refractivity contribution in [2.24, 2.45) is 23.3 Å². The molecule has 2 bridgehead atoms. The zero-order valence-electron chi connectivity index (χ0n) is 8.12. The first-order chi connectivity index (χ1) is 6.63. The second kappa shape index (κ2) is 6.05. The Kier molecular flexibility index (Phi) is 5.73. The summed E-state index contributed by atoms with van der Waals surface area (Å²) in [6.07, 6.45) is 6.60. The topological polar surface area (TPSA) is 52.0 Å². The second-order valence-electron chi connectivity index (χ2n) is 4.57. The number of halogens is 2. The molecular weight excluding hydrogens is 402 g/mol. The van der Waals surface area contributed by atoms with Crippen molar-refractivity contribution in [1.29, 1.82) is 0 Å². The van der Waals surface area contributed by atoms with E-state index in [0.29, 0.717) is 6.54 Å². The SMILES string of the molecule is NCC1(N)CC2CCC(C2)C1.[Cl][Pt][Cl]. The average Bonchev–Trinajstić information content (AvgIpc) is 2.48. The molecule has 2 nitrogen and oxygen atoms in total. The van der Waals surface area contributed by atoms with Crippen molar-refractivity contribution in [3.05, 3.63) is 0 Å². The van der Waals surface area contributed by atoms with Gasteiger partial charge in [-0.1, -0.05) is 12.8 Å². The van der Waals surface area contributed by atoms with E-state index in [-0.39, 0.29) is 5.54 Å². The summed E-state index contributed by atoms with van der Waals surface area (Å²) < 4.78 is 0. The fourth-order valence-corrected chi connectivity index (χ4v) is 2.95. The number of hydrogen-bond acceptors (Lipinski definition) is 2. The molecule has 2 aliphatic rings. The quantitative estimate of drug-likeness (QED) is 0.684. The first-order valence-corrected chi connectivity index (χ1v) is 10.6. The molecule has 0 radical (unpaired) electrons. The van der Waals surface area contributed by atoms with Gasteiger partial charge in [-0.05, 0) is 31.1 Å². The van der Waals surface area contributed by atoms with Crippen LogP contribution in [0.2, 0.25) is 0 Å². The summed E-state index contributed by atoms with van der Waals surface area (Å²) in [5.41, 5.74) is 11.8. The van der Waals surface area contributed by atoms with Gasteiger partial charge in [-0.2, -0.15) is 0 Å². The molecule has 2 unspecified atom stereocenters. The van der Waals surface area contributed by atoms with Gasteiger partial charge in [-0.25, -0.2) is 0 Å². The van der Waals surface area contributed by atoms with Crippen molar-refractivity contribution in [3.8, 4) is 0 Å². The van der Waals surface area contributed by atoms with Crippen molar-refractivity contribution in [2.75, 3.05) is 6.54 Å². The minimum absolute atomic E-state index is 0.00405. The predicted molar refractivity (Wildman–Crippen MR) is 57.7 cm³/mol. The molecule has 14 heavy (non-hydrogen) atoms. The third-order valence-electron chi connectivity index (χ3n) is 3.45. The van der Waals surface area contributed by atoms with Gasteiger partial charge in [-0.3, -0.25) is 0 Å². The normalized spacial score (nSPS) is 40.6. The van der Waals surface area contributed by atoms with Crippen molar-refractivity contribution in [3.63, 3.8) is 0 Å². The standard InChI is InChI=1S/C9H18N2.2ClH.Pt/c10-6-9(11)4-7-1-2-8(3-7)5-9;;;/h7-8H,1-6,10-11H2;2*1H;/q;;;+2/p-2. The maximum absolute atomic E-state index is 6.15. The van der Waals surface area contributed by atoms with Gasteiger partial charge >= 0.3 is 35.3 Å². The molecule has 0 aromatic rings. The summed E-state index contributed by atoms with van der Waals surface area (Å²) in [6.45, 7) is 0.681. The first kappa shape index (κ1) is 13.3. The molecule has 0 saturated heterocycles. The average molecular weight is 420 g/mol. The third-order valence-corrected chi connectivity index (χ3v) is 3.45. The van der Waals surface area contributed by atoms with Crippen molar-refractivity contribution >= 4 is 18.8 Å². The van der Waals surface area contributed by atoms with Crippen LogP contribution in [0.3, 0.4) is 0 Å². The van der Waals surface area contributed by atoms with E-state index < -0.39 is 16.5 Å². The van der Waals surface area contributed by atoms with Crippen LogP contribution in [0.25, 0.3) is 0 Å². The monoisotopic (exact) mass is 419 g/mol. The Morgan fingerprint density at radius 3 is 2.00 bits per heavy atom. The summed E-state index contributed by atoms with van der Waals surface area (Å²) in [7, 11) is 9.75. The molecule has 0 amide bonds. The Balaban J connectivity index is 0.000000293. The van der Waals surface area contributed by atoms with Gasteiger partial charge in [0.1, 0.15) is 0 Å². The molecule has 4 N–H and O–H groups in total. The van der Waals surface area contributed by atoms with E-state index >= 15 is 0 Å². The van der Waals surface area contributed by atoms with Gasteiger partial charge in [0.05, 0.1) is 0 Å². The number of hydrogen-bond donors (Lipinski definition) is 2. The number of fused-ring (bicyclic) bond motifs is 2. The predicted octanol–water partition coefficient (Wildman–Crippen LogP) is 2.23. The van der Waals surface area contributed by atoms with Crippen LogP contribution < -0.4 is 11.5 Å². The molecule has 2 aliphatic carbocycles. The molecule has 0 aliphatic heterocycles. The van der Waals surface area contributed by atoms with E-state index in [2.05, 4.69) is 0 Å². The van der Waals surface area contributed by atoms with Crippen molar-refractivity contribution in [1.82, 2.24) is 0 Å². The van der Waals surface area contributed by atoms with Crippen LogP contribution in [0.1, 0.15) is 32.1 Å². The van der Waals surface area contributed by atoms with E-state index in [1.807, 2.05) is 0 Å². The molecule has 0 aromatic heterocycles. The molecule has 2 fully saturated rings. The summed E-state index contributed by atoms with van der Waals surface area (Å²) >= 11 is -0.472. The van der Waals surface area contributed by atoms with Gasteiger partial charge in [0, 0.05) is 12.1 Å². The zero-order valence-corrected chi connectivity index (χ0v) is 11.9. The van der Waals surface area contributed by atoms with Crippen molar-refractivity contribution < 1.29 is 16.5 Å². The minimum atomic E-state index is -0.472. The Morgan fingerprint density at radius 2 is 1.64 bits per heavy atom. The molecule has 2 atom stereocenters. The fourth-order valence-electron chi connectivity index (χ4n) is 2.95. The van der Waals surface area contributed by atoms with Crippen LogP contribution in [0.5, 0.6) is 0 Å². The molecule has 5 heteroatoms. The van der Waals surface area contributed by atoms with Crippen LogP contribution >= 0.6 is 18.8 Å². The summed E-state index contributed by atoms with van der Waals surface area (Å²) in [5, 5.41) is 0. The summed E-state index contributed by atoms with van der Waals surface area (Å²) in [4.78, 5) is 0. The summed E-state index contributed by atoms with van der Waals surface area (Å²) in [5.74, 6) is 1.81. The second-order valence-corrected chi connectivity index (χ2v) is 7.85. The maximum atomic E-state index is 6.15. The fraction of sp³-hybridized carbons (Fsp3) is 1.00. The van der Waals surface area contributed by atoms with E-state index in [4.69, 9.17) is 30.3 Å².